The molecular weight excluding hydrogens is 185 g/mol. The van der Waals surface area contributed by atoms with Gasteiger partial charge in [-0.2, -0.15) is 0 Å². The topological polar surface area (TPSA) is 12.0 Å². The van der Waals surface area contributed by atoms with Crippen molar-refractivity contribution >= 4 is 11.3 Å². The third-order valence-electron chi connectivity index (χ3n) is 1.66. The molecule has 0 saturated carbocycles. The third-order valence-corrected chi connectivity index (χ3v) is 2.62. The lowest BCUT2D eigenvalue weighted by Crippen LogP contribution is -2.37. The summed E-state index contributed by atoms with van der Waals surface area (Å²) < 4.78 is 13.4. The molecule has 0 saturated heterocycles. The fourth-order valence-corrected chi connectivity index (χ4v) is 1.67. The van der Waals surface area contributed by atoms with Crippen molar-refractivity contribution in [2.75, 3.05) is 6.54 Å². The molecule has 13 heavy (non-hydrogen) atoms. The summed E-state index contributed by atoms with van der Waals surface area (Å²) in [5.41, 5.74) is -0.0123. The Labute approximate surface area is 83.0 Å². The summed E-state index contributed by atoms with van der Waals surface area (Å²) in [4.78, 5) is 0.803. The van der Waals surface area contributed by atoms with Gasteiger partial charge in [-0.1, -0.05) is 6.07 Å². The molecule has 1 aromatic heterocycles. The lowest BCUT2D eigenvalue weighted by atomic mass is 10.1. The van der Waals surface area contributed by atoms with Gasteiger partial charge in [-0.25, -0.2) is 4.39 Å². The van der Waals surface area contributed by atoms with Crippen molar-refractivity contribution in [2.24, 2.45) is 0 Å². The zero-order chi connectivity index (χ0) is 9.90. The van der Waals surface area contributed by atoms with Gasteiger partial charge < -0.3 is 5.32 Å². The van der Waals surface area contributed by atoms with Gasteiger partial charge >= 0.3 is 0 Å². The van der Waals surface area contributed by atoms with Crippen LogP contribution in [0.3, 0.4) is 0 Å². The van der Waals surface area contributed by atoms with E-state index in [1.165, 1.54) is 11.3 Å². The van der Waals surface area contributed by atoms with Crippen LogP contribution in [0.2, 0.25) is 0 Å². The van der Waals surface area contributed by atoms with Gasteiger partial charge in [0, 0.05) is 17.0 Å². The number of hydrogen-bond acceptors (Lipinski definition) is 2. The monoisotopic (exact) mass is 201 g/mol. The van der Waals surface area contributed by atoms with E-state index in [2.05, 4.69) is 5.32 Å². The molecule has 0 aliphatic heterocycles. The maximum absolute atomic E-state index is 13.4. The van der Waals surface area contributed by atoms with Crippen molar-refractivity contribution in [3.8, 4) is 0 Å². The van der Waals surface area contributed by atoms with E-state index in [1.807, 2.05) is 38.3 Å². The minimum atomic E-state index is -0.876. The maximum atomic E-state index is 13.4. The van der Waals surface area contributed by atoms with E-state index < -0.39 is 6.17 Å². The Kier molecular flexibility index (Phi) is 3.45. The first-order valence-corrected chi connectivity index (χ1v) is 5.29. The molecule has 0 aliphatic carbocycles. The fraction of sp³-hybridized carbons (Fsp3) is 0.600. The molecule has 0 bridgehead atoms. The molecular formula is C10H16FNS. The van der Waals surface area contributed by atoms with E-state index in [9.17, 15) is 4.39 Å². The lowest BCUT2D eigenvalue weighted by molar-refractivity contribution is 0.295. The van der Waals surface area contributed by atoms with E-state index >= 15 is 0 Å². The molecule has 1 rings (SSSR count). The zero-order valence-corrected chi connectivity index (χ0v) is 9.12. The van der Waals surface area contributed by atoms with Crippen molar-refractivity contribution in [1.82, 2.24) is 5.32 Å². The second-order valence-corrected chi connectivity index (χ2v) is 5.09. The minimum absolute atomic E-state index is 0.0123. The van der Waals surface area contributed by atoms with E-state index in [-0.39, 0.29) is 5.54 Å². The lowest BCUT2D eigenvalue weighted by Gasteiger charge is -2.21. The molecule has 3 heteroatoms. The van der Waals surface area contributed by atoms with Crippen LogP contribution in [0.25, 0.3) is 0 Å². The Bertz CT molecular complexity index is 238. The van der Waals surface area contributed by atoms with Crippen LogP contribution in [-0.4, -0.2) is 12.1 Å². The summed E-state index contributed by atoms with van der Waals surface area (Å²) in [7, 11) is 0. The Morgan fingerprint density at radius 2 is 2.23 bits per heavy atom. The zero-order valence-electron chi connectivity index (χ0n) is 8.30. The van der Waals surface area contributed by atoms with E-state index in [0.29, 0.717) is 6.54 Å². The molecule has 1 aromatic rings. The Balaban J connectivity index is 2.39. The maximum Gasteiger partial charge on any atom is 0.147 e. The highest BCUT2D eigenvalue weighted by molar-refractivity contribution is 7.10. The average molecular weight is 201 g/mol. The highest BCUT2D eigenvalue weighted by atomic mass is 32.1. The van der Waals surface area contributed by atoms with Gasteiger partial charge in [-0.3, -0.25) is 0 Å². The first-order chi connectivity index (χ1) is 5.99. The summed E-state index contributed by atoms with van der Waals surface area (Å²) >= 11 is 1.47. The van der Waals surface area contributed by atoms with Crippen LogP contribution in [0.15, 0.2) is 17.5 Å². The Morgan fingerprint density at radius 3 is 2.69 bits per heavy atom. The molecule has 0 radical (unpaired) electrons. The minimum Gasteiger partial charge on any atom is -0.309 e. The van der Waals surface area contributed by atoms with Crippen LogP contribution in [0.4, 0.5) is 4.39 Å². The van der Waals surface area contributed by atoms with Crippen LogP contribution >= 0.6 is 11.3 Å². The molecule has 0 fully saturated rings. The van der Waals surface area contributed by atoms with E-state index in [4.69, 9.17) is 0 Å². The molecule has 1 atom stereocenters. The van der Waals surface area contributed by atoms with Crippen molar-refractivity contribution in [3.63, 3.8) is 0 Å². The Morgan fingerprint density at radius 1 is 1.54 bits per heavy atom. The van der Waals surface area contributed by atoms with Crippen LogP contribution < -0.4 is 5.32 Å². The Hall–Kier alpha value is -0.410. The largest absolute Gasteiger partial charge is 0.309 e. The summed E-state index contributed by atoms with van der Waals surface area (Å²) in [5, 5.41) is 5.04. The summed E-state index contributed by atoms with van der Waals surface area (Å²) in [6, 6.07) is 3.71. The highest BCUT2D eigenvalue weighted by Gasteiger charge is 2.15. The predicted octanol–water partition coefficient (Wildman–Crippen LogP) is 3.15. The second kappa shape index (κ2) is 4.20. The fourth-order valence-electron chi connectivity index (χ4n) is 0.966. The number of rotatable bonds is 3. The van der Waals surface area contributed by atoms with Gasteiger partial charge in [-0.15, -0.1) is 11.3 Å². The van der Waals surface area contributed by atoms with Gasteiger partial charge in [-0.05, 0) is 32.2 Å². The van der Waals surface area contributed by atoms with Gasteiger partial charge in [0.2, 0.25) is 0 Å². The second-order valence-electron chi connectivity index (χ2n) is 4.11. The molecule has 0 aromatic carbocycles. The van der Waals surface area contributed by atoms with Crippen molar-refractivity contribution in [3.05, 3.63) is 22.4 Å². The standard InChI is InChI=1S/C10H16FNS/c1-10(2,3)12-7-8(11)9-5-4-6-13-9/h4-6,8,12H,7H2,1-3H3. The molecule has 1 N–H and O–H groups in total. The van der Waals surface area contributed by atoms with E-state index in [0.717, 1.165) is 4.88 Å². The van der Waals surface area contributed by atoms with Crippen LogP contribution in [0.1, 0.15) is 31.8 Å². The van der Waals surface area contributed by atoms with E-state index in [1.54, 1.807) is 0 Å². The smallest absolute Gasteiger partial charge is 0.147 e. The molecule has 1 unspecified atom stereocenters. The first-order valence-electron chi connectivity index (χ1n) is 4.41. The number of nitrogens with one attached hydrogen (secondary N) is 1. The highest BCUT2D eigenvalue weighted by Crippen LogP contribution is 2.22. The van der Waals surface area contributed by atoms with Crippen LogP contribution in [-0.2, 0) is 0 Å². The van der Waals surface area contributed by atoms with Crippen molar-refractivity contribution in [2.45, 2.75) is 32.5 Å². The number of halogens is 1. The molecule has 0 aliphatic rings. The molecule has 0 spiro atoms. The van der Waals surface area contributed by atoms with Gasteiger partial charge in [0.05, 0.1) is 0 Å². The number of alkyl halides is 1. The quantitative estimate of drug-likeness (QED) is 0.792. The van der Waals surface area contributed by atoms with Gasteiger partial charge in [0.1, 0.15) is 6.17 Å². The van der Waals surface area contributed by atoms with Crippen LogP contribution in [0, 0.1) is 0 Å². The third kappa shape index (κ3) is 3.87. The summed E-state index contributed by atoms with van der Waals surface area (Å²) in [6.45, 7) is 6.50. The molecule has 74 valence electrons. The predicted molar refractivity (Wildman–Crippen MR) is 55.9 cm³/mol. The number of thiophene rings is 1. The molecule has 1 nitrogen and oxygen atoms in total. The summed E-state index contributed by atoms with van der Waals surface area (Å²) in [6.07, 6.45) is -0.876. The molecule has 1 heterocycles. The van der Waals surface area contributed by atoms with Gasteiger partial charge in [0.15, 0.2) is 0 Å². The summed E-state index contributed by atoms with van der Waals surface area (Å²) in [5.74, 6) is 0. The SMILES string of the molecule is CC(C)(C)NCC(F)c1cccs1. The first kappa shape index (κ1) is 10.7. The average Bonchev–Trinajstić information content (AvgIpc) is 2.50. The molecule has 0 amide bonds. The number of hydrogen-bond donors (Lipinski definition) is 1. The normalized spacial score (nSPS) is 14.5. The van der Waals surface area contributed by atoms with Gasteiger partial charge in [0.25, 0.3) is 0 Å². The van der Waals surface area contributed by atoms with Crippen molar-refractivity contribution in [1.29, 1.82) is 0 Å². The van der Waals surface area contributed by atoms with Crippen LogP contribution in [0.5, 0.6) is 0 Å². The van der Waals surface area contributed by atoms with Crippen molar-refractivity contribution < 1.29 is 4.39 Å².